The van der Waals surface area contributed by atoms with Crippen LogP contribution in [0.2, 0.25) is 0 Å². The van der Waals surface area contributed by atoms with Crippen molar-refractivity contribution in [3.05, 3.63) is 48.2 Å². The van der Waals surface area contributed by atoms with Gasteiger partial charge in [0.1, 0.15) is 11.0 Å². The number of unbranched alkanes of at least 4 members (excludes halogenated alkanes) is 4. The summed E-state index contributed by atoms with van der Waals surface area (Å²) in [6.07, 6.45) is 8.86. The fraction of sp³-hybridized carbons (Fsp3) is 0.385. The molecule has 0 radical (unpaired) electrons. The summed E-state index contributed by atoms with van der Waals surface area (Å²) >= 11 is 0. The number of benzene rings is 3. The normalized spacial score (nSPS) is 12.1. The molecule has 0 saturated carbocycles. The molecule has 0 aliphatic carbocycles. The van der Waals surface area contributed by atoms with Gasteiger partial charge in [-0.15, -0.1) is 0 Å². The van der Waals surface area contributed by atoms with Crippen LogP contribution in [0, 0.1) is 0 Å². The molecule has 0 N–H and O–H groups in total. The molecule has 0 aliphatic heterocycles. The highest BCUT2D eigenvalue weighted by Gasteiger charge is 2.14. The quantitative estimate of drug-likeness (QED) is 0.197. The molecule has 5 rings (SSSR count). The van der Waals surface area contributed by atoms with Crippen molar-refractivity contribution in [1.29, 1.82) is 0 Å². The number of oxazole rings is 2. The van der Waals surface area contributed by atoms with E-state index < -0.39 is 0 Å². The Morgan fingerprint density at radius 2 is 1.00 bits per heavy atom. The van der Waals surface area contributed by atoms with Crippen LogP contribution in [0.3, 0.4) is 0 Å². The lowest BCUT2D eigenvalue weighted by Gasteiger charge is -2.04. The van der Waals surface area contributed by atoms with Crippen molar-refractivity contribution in [2.75, 3.05) is 0 Å². The van der Waals surface area contributed by atoms with E-state index in [-0.39, 0.29) is 0 Å². The first kappa shape index (κ1) is 19.1. The molecule has 2 heterocycles. The predicted octanol–water partition coefficient (Wildman–Crippen LogP) is 7.74. The largest absolute Gasteiger partial charge is 0.441 e. The van der Waals surface area contributed by atoms with Gasteiger partial charge in [-0.2, -0.15) is 0 Å². The van der Waals surface area contributed by atoms with Crippen molar-refractivity contribution in [3.8, 4) is 0 Å². The molecular weight excluding hydrogens is 372 g/mol. The smallest absolute Gasteiger partial charge is 0.195 e. The van der Waals surface area contributed by atoms with Crippen molar-refractivity contribution in [2.45, 2.75) is 65.2 Å². The van der Waals surface area contributed by atoms with Crippen LogP contribution in [-0.4, -0.2) is 9.97 Å². The second-order valence-electron chi connectivity index (χ2n) is 8.21. The van der Waals surface area contributed by atoms with Gasteiger partial charge in [-0.1, -0.05) is 51.7 Å². The molecule has 0 atom stereocenters. The zero-order valence-corrected chi connectivity index (χ0v) is 17.8. The Labute approximate surface area is 176 Å². The van der Waals surface area contributed by atoms with E-state index in [0.29, 0.717) is 0 Å². The molecule has 0 aliphatic rings. The lowest BCUT2D eigenvalue weighted by molar-refractivity contribution is 0.512. The van der Waals surface area contributed by atoms with Gasteiger partial charge in [0.2, 0.25) is 0 Å². The Morgan fingerprint density at radius 1 is 0.567 bits per heavy atom. The average molecular weight is 401 g/mol. The minimum Gasteiger partial charge on any atom is -0.441 e. The van der Waals surface area contributed by atoms with Crippen molar-refractivity contribution in [1.82, 2.24) is 9.97 Å². The number of aryl methyl sites for hydroxylation is 2. The molecule has 4 nitrogen and oxygen atoms in total. The van der Waals surface area contributed by atoms with Crippen LogP contribution in [0.5, 0.6) is 0 Å². The Hall–Kier alpha value is -2.88. The first-order valence-electron chi connectivity index (χ1n) is 11.3. The van der Waals surface area contributed by atoms with Crippen LogP contribution >= 0.6 is 0 Å². The van der Waals surface area contributed by atoms with Gasteiger partial charge in [0.05, 0.1) is 0 Å². The highest BCUT2D eigenvalue weighted by molar-refractivity contribution is 6.19. The van der Waals surface area contributed by atoms with E-state index in [1.165, 1.54) is 36.5 Å². The highest BCUT2D eigenvalue weighted by Crippen LogP contribution is 2.35. The number of fused-ring (bicyclic) bond motifs is 7. The summed E-state index contributed by atoms with van der Waals surface area (Å²) in [6.45, 7) is 4.43. The SMILES string of the molecule is CCCCCc1nc2c(ccc3c4ccc5oc(CCCCC)nc5c4ccc32)o1. The summed E-state index contributed by atoms with van der Waals surface area (Å²) in [4.78, 5) is 9.65. The molecule has 5 aromatic rings. The van der Waals surface area contributed by atoms with Gasteiger partial charge in [-0.25, -0.2) is 9.97 Å². The van der Waals surface area contributed by atoms with Gasteiger partial charge in [0.25, 0.3) is 0 Å². The minimum atomic E-state index is 0.842. The summed E-state index contributed by atoms with van der Waals surface area (Å²) in [5.41, 5.74) is 3.66. The van der Waals surface area contributed by atoms with Crippen LogP contribution in [0.25, 0.3) is 43.7 Å². The van der Waals surface area contributed by atoms with Gasteiger partial charge < -0.3 is 8.83 Å². The lowest BCUT2D eigenvalue weighted by atomic mass is 10.0. The van der Waals surface area contributed by atoms with Crippen molar-refractivity contribution >= 4 is 43.7 Å². The molecule has 4 heteroatoms. The molecule has 0 saturated heterocycles. The number of hydrogen-bond donors (Lipinski definition) is 0. The van der Waals surface area contributed by atoms with Crippen LogP contribution < -0.4 is 0 Å². The summed E-state index contributed by atoms with van der Waals surface area (Å²) in [6, 6.07) is 12.7. The molecule has 0 bridgehead atoms. The summed E-state index contributed by atoms with van der Waals surface area (Å²) in [5.74, 6) is 1.68. The maximum absolute atomic E-state index is 6.02. The fourth-order valence-corrected chi connectivity index (χ4v) is 4.36. The maximum Gasteiger partial charge on any atom is 0.195 e. The Balaban J connectivity index is 1.59. The fourth-order valence-electron chi connectivity index (χ4n) is 4.36. The first-order chi connectivity index (χ1) is 14.8. The molecule has 0 fully saturated rings. The number of hydrogen-bond acceptors (Lipinski definition) is 4. The first-order valence-corrected chi connectivity index (χ1v) is 11.3. The molecule has 3 aromatic carbocycles. The van der Waals surface area contributed by atoms with Crippen LogP contribution in [-0.2, 0) is 12.8 Å². The number of nitrogens with zero attached hydrogens (tertiary/aromatic N) is 2. The number of rotatable bonds is 8. The molecule has 0 unspecified atom stereocenters. The molecule has 154 valence electrons. The molecule has 2 aromatic heterocycles. The average Bonchev–Trinajstić information content (AvgIpc) is 3.37. The molecule has 0 amide bonds. The molecule has 30 heavy (non-hydrogen) atoms. The van der Waals surface area contributed by atoms with E-state index >= 15 is 0 Å². The van der Waals surface area contributed by atoms with Crippen molar-refractivity contribution < 1.29 is 8.83 Å². The van der Waals surface area contributed by atoms with Gasteiger partial charge in [0.15, 0.2) is 22.9 Å². The topological polar surface area (TPSA) is 52.1 Å². The summed E-state index contributed by atoms with van der Waals surface area (Å²) in [7, 11) is 0. The second-order valence-corrected chi connectivity index (χ2v) is 8.21. The van der Waals surface area contributed by atoms with E-state index in [9.17, 15) is 0 Å². The van der Waals surface area contributed by atoms with E-state index in [1.807, 2.05) is 0 Å². The van der Waals surface area contributed by atoms with Crippen LogP contribution in [0.4, 0.5) is 0 Å². The lowest BCUT2D eigenvalue weighted by Crippen LogP contribution is -1.85. The molecular formula is C26H28N2O2. The Bertz CT molecular complexity index is 1230. The van der Waals surface area contributed by atoms with E-state index in [1.54, 1.807) is 0 Å². The highest BCUT2D eigenvalue weighted by atomic mass is 16.4. The minimum absolute atomic E-state index is 0.842. The van der Waals surface area contributed by atoms with E-state index in [4.69, 9.17) is 18.8 Å². The van der Waals surface area contributed by atoms with Gasteiger partial charge in [-0.3, -0.25) is 0 Å². The zero-order valence-electron chi connectivity index (χ0n) is 17.8. The van der Waals surface area contributed by atoms with Gasteiger partial charge >= 0.3 is 0 Å². The Morgan fingerprint density at radius 3 is 1.43 bits per heavy atom. The van der Waals surface area contributed by atoms with Crippen LogP contribution in [0.1, 0.15) is 64.2 Å². The summed E-state index contributed by atoms with van der Waals surface area (Å²) < 4.78 is 12.0. The number of aromatic nitrogens is 2. The zero-order chi connectivity index (χ0) is 20.5. The van der Waals surface area contributed by atoms with E-state index in [0.717, 1.165) is 70.4 Å². The van der Waals surface area contributed by atoms with Crippen LogP contribution in [0.15, 0.2) is 45.2 Å². The third kappa shape index (κ3) is 3.34. The monoisotopic (exact) mass is 400 g/mol. The van der Waals surface area contributed by atoms with E-state index in [2.05, 4.69) is 50.2 Å². The third-order valence-corrected chi connectivity index (χ3v) is 5.98. The van der Waals surface area contributed by atoms with Gasteiger partial charge in [-0.05, 0) is 47.9 Å². The second kappa shape index (κ2) is 8.10. The van der Waals surface area contributed by atoms with Gasteiger partial charge in [0, 0.05) is 23.6 Å². The van der Waals surface area contributed by atoms with Crippen molar-refractivity contribution in [2.24, 2.45) is 0 Å². The summed E-state index contributed by atoms with van der Waals surface area (Å²) in [5, 5.41) is 4.64. The maximum atomic E-state index is 6.02. The van der Waals surface area contributed by atoms with Crippen molar-refractivity contribution in [3.63, 3.8) is 0 Å². The standard InChI is InChI=1S/C26H28N2O2/c1-3-5-7-9-23-27-25-19-11-12-20-18(17(19)13-15-21(25)29-23)14-16-22-26(20)28-24(30-22)10-8-6-4-2/h11-16H,3-10H2,1-2H3. The Kier molecular flexibility index (Phi) is 5.16. The predicted molar refractivity (Wildman–Crippen MR) is 123 cm³/mol. The molecule has 0 spiro atoms. The third-order valence-electron chi connectivity index (χ3n) is 5.98.